The number of nitrogens with two attached hydrogens (primary N) is 1. The molecule has 0 saturated heterocycles. The van der Waals surface area contributed by atoms with Gasteiger partial charge in [-0.05, 0) is 52.3 Å². The van der Waals surface area contributed by atoms with E-state index in [0.29, 0.717) is 16.8 Å². The van der Waals surface area contributed by atoms with E-state index in [1.54, 1.807) is 39.8 Å². The standard InChI is InChI=1S/C15H21N2O3/c1-9-6-7-11(17-13(18)10(2)16)8-12(9)14(19)20-15(3,4)5/h6-8,10H,1,16H2,2-5H3,(H,17,18). The maximum atomic E-state index is 12.1. The first-order valence-electron chi connectivity index (χ1n) is 6.36. The van der Waals surface area contributed by atoms with E-state index in [1.807, 2.05) is 0 Å². The van der Waals surface area contributed by atoms with Crippen LogP contribution in [0.2, 0.25) is 0 Å². The zero-order valence-corrected chi connectivity index (χ0v) is 12.3. The third kappa shape index (κ3) is 4.66. The van der Waals surface area contributed by atoms with Crippen LogP contribution in [0.3, 0.4) is 0 Å². The molecule has 1 rings (SSSR count). The van der Waals surface area contributed by atoms with Crippen LogP contribution in [0.4, 0.5) is 5.69 Å². The number of benzene rings is 1. The summed E-state index contributed by atoms with van der Waals surface area (Å²) in [7, 11) is 0. The number of carbonyl (C=O) groups excluding carboxylic acids is 2. The van der Waals surface area contributed by atoms with Crippen LogP contribution in [0.25, 0.3) is 0 Å². The van der Waals surface area contributed by atoms with Crippen molar-refractivity contribution in [2.24, 2.45) is 5.73 Å². The lowest BCUT2D eigenvalue weighted by molar-refractivity contribution is -0.117. The Bertz CT molecular complexity index is 516. The average Bonchev–Trinajstić information content (AvgIpc) is 2.29. The summed E-state index contributed by atoms with van der Waals surface area (Å²) in [6.07, 6.45) is 0. The normalized spacial score (nSPS) is 12.7. The second-order valence-corrected chi connectivity index (χ2v) is 5.65. The molecule has 0 heterocycles. The van der Waals surface area contributed by atoms with Gasteiger partial charge in [0.2, 0.25) is 5.91 Å². The number of hydrogen-bond donors (Lipinski definition) is 2. The Kier molecular flexibility index (Phi) is 4.89. The van der Waals surface area contributed by atoms with Gasteiger partial charge in [0, 0.05) is 5.69 Å². The number of hydrogen-bond acceptors (Lipinski definition) is 4. The number of nitrogens with one attached hydrogen (secondary N) is 1. The van der Waals surface area contributed by atoms with E-state index in [9.17, 15) is 9.59 Å². The van der Waals surface area contributed by atoms with E-state index in [2.05, 4.69) is 12.2 Å². The van der Waals surface area contributed by atoms with Crippen LogP contribution in [-0.2, 0) is 9.53 Å². The van der Waals surface area contributed by atoms with E-state index in [-0.39, 0.29) is 5.91 Å². The molecule has 1 atom stereocenters. The number of carbonyl (C=O) groups is 2. The molecule has 0 spiro atoms. The van der Waals surface area contributed by atoms with Gasteiger partial charge in [-0.25, -0.2) is 4.79 Å². The fourth-order valence-electron chi connectivity index (χ4n) is 1.43. The summed E-state index contributed by atoms with van der Waals surface area (Å²) in [5.41, 5.74) is 6.24. The predicted octanol–water partition coefficient (Wildman–Crippen LogP) is 2.11. The Morgan fingerprint density at radius 3 is 2.45 bits per heavy atom. The molecule has 0 aliphatic rings. The highest BCUT2D eigenvalue weighted by Crippen LogP contribution is 2.19. The van der Waals surface area contributed by atoms with Gasteiger partial charge >= 0.3 is 5.97 Å². The molecule has 0 bridgehead atoms. The summed E-state index contributed by atoms with van der Waals surface area (Å²) in [5.74, 6) is -0.795. The second-order valence-electron chi connectivity index (χ2n) is 5.65. The minimum absolute atomic E-state index is 0.322. The average molecular weight is 277 g/mol. The Morgan fingerprint density at radius 2 is 1.95 bits per heavy atom. The van der Waals surface area contributed by atoms with Gasteiger partial charge in [0.25, 0.3) is 0 Å². The third-order valence-electron chi connectivity index (χ3n) is 2.41. The molecule has 5 nitrogen and oxygen atoms in total. The summed E-state index contributed by atoms with van der Waals surface area (Å²) in [6.45, 7) is 10.7. The van der Waals surface area contributed by atoms with Gasteiger partial charge in [-0.1, -0.05) is 6.07 Å². The minimum Gasteiger partial charge on any atom is -0.456 e. The fourth-order valence-corrected chi connectivity index (χ4v) is 1.43. The summed E-state index contributed by atoms with van der Waals surface area (Å²) < 4.78 is 5.30. The first kappa shape index (κ1) is 16.2. The van der Waals surface area contributed by atoms with Crippen molar-refractivity contribution in [1.82, 2.24) is 0 Å². The topological polar surface area (TPSA) is 81.4 Å². The Hall–Kier alpha value is -1.88. The van der Waals surface area contributed by atoms with E-state index in [0.717, 1.165) is 0 Å². The molecule has 5 heteroatoms. The van der Waals surface area contributed by atoms with Crippen LogP contribution < -0.4 is 11.1 Å². The molecule has 20 heavy (non-hydrogen) atoms. The van der Waals surface area contributed by atoms with E-state index in [1.165, 1.54) is 6.07 Å². The van der Waals surface area contributed by atoms with Crippen LogP contribution in [-0.4, -0.2) is 23.5 Å². The van der Waals surface area contributed by atoms with Crippen molar-refractivity contribution >= 4 is 17.6 Å². The molecule has 3 N–H and O–H groups in total. The number of esters is 1. The largest absolute Gasteiger partial charge is 0.456 e. The molecule has 1 aromatic rings. The molecule has 0 saturated carbocycles. The zero-order valence-electron chi connectivity index (χ0n) is 12.3. The lowest BCUT2D eigenvalue weighted by atomic mass is 10.1. The van der Waals surface area contributed by atoms with Crippen molar-refractivity contribution in [1.29, 1.82) is 0 Å². The molecule has 1 unspecified atom stereocenters. The Balaban J connectivity index is 2.97. The zero-order chi connectivity index (χ0) is 15.5. The van der Waals surface area contributed by atoms with Gasteiger partial charge < -0.3 is 15.8 Å². The molecular formula is C15H21N2O3. The van der Waals surface area contributed by atoms with Gasteiger partial charge in [0.15, 0.2) is 0 Å². The number of rotatable bonds is 3. The third-order valence-corrected chi connectivity index (χ3v) is 2.41. The van der Waals surface area contributed by atoms with Crippen molar-refractivity contribution < 1.29 is 14.3 Å². The van der Waals surface area contributed by atoms with Gasteiger partial charge in [-0.15, -0.1) is 0 Å². The van der Waals surface area contributed by atoms with E-state index >= 15 is 0 Å². The molecule has 109 valence electrons. The van der Waals surface area contributed by atoms with Crippen molar-refractivity contribution in [2.45, 2.75) is 39.3 Å². The van der Waals surface area contributed by atoms with Crippen molar-refractivity contribution in [3.63, 3.8) is 0 Å². The van der Waals surface area contributed by atoms with Crippen LogP contribution in [0, 0.1) is 6.92 Å². The van der Waals surface area contributed by atoms with Gasteiger partial charge in [0.1, 0.15) is 5.60 Å². The highest BCUT2D eigenvalue weighted by molar-refractivity contribution is 5.97. The summed E-state index contributed by atoms with van der Waals surface area (Å²) >= 11 is 0. The first-order valence-corrected chi connectivity index (χ1v) is 6.36. The molecule has 0 aliphatic carbocycles. The van der Waals surface area contributed by atoms with Gasteiger partial charge in [-0.3, -0.25) is 4.79 Å². The molecule has 0 aromatic heterocycles. The van der Waals surface area contributed by atoms with Crippen molar-refractivity contribution in [3.8, 4) is 0 Å². The Labute approximate surface area is 119 Å². The van der Waals surface area contributed by atoms with Gasteiger partial charge in [0.05, 0.1) is 11.6 Å². The smallest absolute Gasteiger partial charge is 0.339 e. The molecule has 1 amide bonds. The summed E-state index contributed by atoms with van der Waals surface area (Å²) in [5, 5.41) is 2.63. The fraction of sp³-hybridized carbons (Fsp3) is 0.400. The molecule has 0 aliphatic heterocycles. The van der Waals surface area contributed by atoms with Crippen molar-refractivity contribution in [2.75, 3.05) is 5.32 Å². The molecule has 1 aromatic carbocycles. The SMILES string of the molecule is [CH2]c1ccc(NC(=O)C(C)N)cc1C(=O)OC(C)(C)C. The number of amides is 1. The summed E-state index contributed by atoms with van der Waals surface area (Å²) in [6, 6.07) is 4.22. The maximum Gasteiger partial charge on any atom is 0.339 e. The Morgan fingerprint density at radius 1 is 1.35 bits per heavy atom. The van der Waals surface area contributed by atoms with Crippen LogP contribution in [0.1, 0.15) is 43.6 Å². The molecular weight excluding hydrogens is 256 g/mol. The van der Waals surface area contributed by atoms with Crippen LogP contribution in [0.15, 0.2) is 18.2 Å². The van der Waals surface area contributed by atoms with Crippen molar-refractivity contribution in [3.05, 3.63) is 36.2 Å². The lowest BCUT2D eigenvalue weighted by Gasteiger charge is -2.20. The van der Waals surface area contributed by atoms with E-state index in [4.69, 9.17) is 10.5 Å². The first-order chi connectivity index (χ1) is 9.10. The van der Waals surface area contributed by atoms with Crippen LogP contribution in [0.5, 0.6) is 0 Å². The minimum atomic E-state index is -0.626. The lowest BCUT2D eigenvalue weighted by Crippen LogP contribution is -2.32. The monoisotopic (exact) mass is 277 g/mol. The molecule has 1 radical (unpaired) electrons. The summed E-state index contributed by atoms with van der Waals surface area (Å²) in [4.78, 5) is 23.6. The highest BCUT2D eigenvalue weighted by atomic mass is 16.6. The number of ether oxygens (including phenoxy) is 1. The van der Waals surface area contributed by atoms with E-state index < -0.39 is 17.6 Å². The quantitative estimate of drug-likeness (QED) is 0.829. The highest BCUT2D eigenvalue weighted by Gasteiger charge is 2.20. The predicted molar refractivity (Wildman–Crippen MR) is 78.3 cm³/mol. The van der Waals surface area contributed by atoms with Gasteiger partial charge in [-0.2, -0.15) is 0 Å². The molecule has 0 fully saturated rings. The maximum absolute atomic E-state index is 12.1. The second kappa shape index (κ2) is 6.05. The number of anilines is 1. The van der Waals surface area contributed by atoms with Crippen LogP contribution >= 0.6 is 0 Å².